The molecular formula is C17H19F3N4O. The van der Waals surface area contributed by atoms with Gasteiger partial charge < -0.3 is 4.90 Å². The van der Waals surface area contributed by atoms with E-state index in [2.05, 4.69) is 10.1 Å². The van der Waals surface area contributed by atoms with E-state index >= 15 is 0 Å². The topological polar surface area (TPSA) is 51.0 Å². The summed E-state index contributed by atoms with van der Waals surface area (Å²) in [4.78, 5) is 17.7. The molecule has 3 rings (SSSR count). The monoisotopic (exact) mass is 352 g/mol. The first-order valence-electron chi connectivity index (χ1n) is 8.22. The number of rotatable bonds is 3. The van der Waals surface area contributed by atoms with E-state index in [1.54, 1.807) is 13.1 Å². The molecule has 0 saturated carbocycles. The zero-order valence-corrected chi connectivity index (χ0v) is 14.1. The molecule has 0 bridgehead atoms. The lowest BCUT2D eigenvalue weighted by molar-refractivity contribution is -0.142. The summed E-state index contributed by atoms with van der Waals surface area (Å²) in [5.74, 6) is -0.229. The minimum Gasteiger partial charge on any atom is -0.341 e. The predicted octanol–water partition coefficient (Wildman–Crippen LogP) is 3.26. The summed E-state index contributed by atoms with van der Waals surface area (Å²) in [7, 11) is 1.66. The number of hydrogen-bond donors (Lipinski definition) is 0. The number of aromatic nitrogens is 3. The molecule has 1 aliphatic carbocycles. The maximum absolute atomic E-state index is 13.3. The van der Waals surface area contributed by atoms with Gasteiger partial charge in [0.15, 0.2) is 5.69 Å². The molecule has 134 valence electrons. The van der Waals surface area contributed by atoms with Gasteiger partial charge in [0.2, 0.25) is 0 Å². The fraction of sp³-hybridized carbons (Fsp3) is 0.471. The Morgan fingerprint density at radius 3 is 2.60 bits per heavy atom. The molecule has 0 aromatic carbocycles. The van der Waals surface area contributed by atoms with Crippen molar-refractivity contribution in [3.8, 4) is 5.69 Å². The Labute approximate surface area is 143 Å². The van der Waals surface area contributed by atoms with E-state index in [-0.39, 0.29) is 17.2 Å². The Morgan fingerprint density at radius 1 is 1.28 bits per heavy atom. The molecule has 2 aromatic rings. The largest absolute Gasteiger partial charge is 0.435 e. The van der Waals surface area contributed by atoms with Gasteiger partial charge in [-0.05, 0) is 44.7 Å². The third-order valence-electron chi connectivity index (χ3n) is 4.48. The van der Waals surface area contributed by atoms with Crippen molar-refractivity contribution in [1.29, 1.82) is 0 Å². The van der Waals surface area contributed by atoms with Crippen LogP contribution in [-0.2, 0) is 19.0 Å². The second kappa shape index (κ2) is 6.50. The van der Waals surface area contributed by atoms with Crippen molar-refractivity contribution in [3.05, 3.63) is 41.0 Å². The van der Waals surface area contributed by atoms with Crippen molar-refractivity contribution in [3.63, 3.8) is 0 Å². The van der Waals surface area contributed by atoms with E-state index in [4.69, 9.17) is 0 Å². The van der Waals surface area contributed by atoms with Gasteiger partial charge in [-0.2, -0.15) is 18.3 Å². The summed E-state index contributed by atoms with van der Waals surface area (Å²) in [6, 6.07) is 3.11. The zero-order chi connectivity index (χ0) is 18.2. The maximum atomic E-state index is 13.3. The van der Waals surface area contributed by atoms with Crippen LogP contribution >= 0.6 is 0 Å². The Balaban J connectivity index is 2.00. The molecule has 0 radical (unpaired) electrons. The predicted molar refractivity (Wildman–Crippen MR) is 85.6 cm³/mol. The Morgan fingerprint density at radius 2 is 2.00 bits per heavy atom. The van der Waals surface area contributed by atoms with Gasteiger partial charge in [0.25, 0.3) is 5.91 Å². The van der Waals surface area contributed by atoms with Crippen molar-refractivity contribution in [2.75, 3.05) is 13.6 Å². The molecule has 0 aliphatic heterocycles. The van der Waals surface area contributed by atoms with Crippen LogP contribution in [0.25, 0.3) is 5.69 Å². The molecule has 0 fully saturated rings. The second-order valence-corrected chi connectivity index (χ2v) is 6.11. The van der Waals surface area contributed by atoms with Gasteiger partial charge in [0.05, 0.1) is 11.9 Å². The highest BCUT2D eigenvalue weighted by atomic mass is 19.4. The van der Waals surface area contributed by atoms with E-state index in [0.717, 1.165) is 12.8 Å². The number of nitrogens with zero attached hydrogens (tertiary/aromatic N) is 4. The van der Waals surface area contributed by atoms with Gasteiger partial charge in [-0.15, -0.1) is 0 Å². The maximum Gasteiger partial charge on any atom is 0.435 e. The molecule has 0 unspecified atom stereocenters. The lowest BCUT2D eigenvalue weighted by Crippen LogP contribution is -2.27. The van der Waals surface area contributed by atoms with E-state index in [0.29, 0.717) is 30.8 Å². The third-order valence-corrected chi connectivity index (χ3v) is 4.48. The summed E-state index contributed by atoms with van der Waals surface area (Å²) in [5, 5.41) is 3.82. The number of carbonyl (C=O) groups excluding carboxylic acids is 1. The second-order valence-electron chi connectivity index (χ2n) is 6.11. The lowest BCUT2D eigenvalue weighted by Gasteiger charge is -2.15. The highest BCUT2D eigenvalue weighted by molar-refractivity contribution is 5.92. The SMILES string of the molecule is CCN(C)C(=O)c1ccc(-n2nc(C(F)(F)F)c3c2CCCC3)cn1. The summed E-state index contributed by atoms with van der Waals surface area (Å²) in [6.07, 6.45) is -0.566. The molecule has 0 atom stereocenters. The van der Waals surface area contributed by atoms with Crippen molar-refractivity contribution in [2.24, 2.45) is 0 Å². The molecule has 2 aromatic heterocycles. The first-order chi connectivity index (χ1) is 11.8. The fourth-order valence-electron chi connectivity index (χ4n) is 3.02. The van der Waals surface area contributed by atoms with Gasteiger partial charge in [-0.3, -0.25) is 4.79 Å². The Bertz CT molecular complexity index is 780. The van der Waals surface area contributed by atoms with Gasteiger partial charge in [0, 0.05) is 24.8 Å². The molecule has 0 N–H and O–H groups in total. The Kier molecular flexibility index (Phi) is 4.53. The van der Waals surface area contributed by atoms with E-state index in [1.165, 1.54) is 21.8 Å². The van der Waals surface area contributed by atoms with Crippen molar-refractivity contribution < 1.29 is 18.0 Å². The van der Waals surface area contributed by atoms with Crippen molar-refractivity contribution >= 4 is 5.91 Å². The molecule has 1 aliphatic rings. The van der Waals surface area contributed by atoms with Crippen LogP contribution in [0.3, 0.4) is 0 Å². The molecule has 2 heterocycles. The van der Waals surface area contributed by atoms with E-state index in [1.807, 2.05) is 6.92 Å². The van der Waals surface area contributed by atoms with Crippen LogP contribution in [0.1, 0.15) is 47.2 Å². The van der Waals surface area contributed by atoms with Crippen LogP contribution in [0.5, 0.6) is 0 Å². The van der Waals surface area contributed by atoms with Gasteiger partial charge in [-0.25, -0.2) is 9.67 Å². The van der Waals surface area contributed by atoms with Crippen LogP contribution < -0.4 is 0 Å². The standard InChI is InChI=1S/C17H19F3N4O/c1-3-23(2)16(25)13-9-8-11(10-21-13)24-14-7-5-4-6-12(14)15(22-24)17(18,19)20/h8-10H,3-7H2,1-2H3. The number of halogens is 3. The molecule has 0 spiro atoms. The fourth-order valence-corrected chi connectivity index (χ4v) is 3.02. The van der Waals surface area contributed by atoms with Crippen LogP contribution in [-0.4, -0.2) is 39.2 Å². The van der Waals surface area contributed by atoms with Crippen LogP contribution in [0, 0.1) is 0 Å². The average Bonchev–Trinajstić information content (AvgIpc) is 3.00. The number of fused-ring (bicyclic) bond motifs is 1. The number of hydrogen-bond acceptors (Lipinski definition) is 3. The minimum atomic E-state index is -4.47. The number of alkyl halides is 3. The first kappa shape index (κ1) is 17.4. The van der Waals surface area contributed by atoms with Crippen LogP contribution in [0.15, 0.2) is 18.3 Å². The van der Waals surface area contributed by atoms with Gasteiger partial charge in [-0.1, -0.05) is 0 Å². The van der Waals surface area contributed by atoms with E-state index < -0.39 is 11.9 Å². The quantitative estimate of drug-likeness (QED) is 0.852. The highest BCUT2D eigenvalue weighted by Crippen LogP contribution is 2.36. The molecule has 0 saturated heterocycles. The number of pyridine rings is 1. The Hall–Kier alpha value is -2.38. The minimum absolute atomic E-state index is 0.229. The summed E-state index contributed by atoms with van der Waals surface area (Å²) in [5.41, 5.74) is 0.748. The summed E-state index contributed by atoms with van der Waals surface area (Å²) >= 11 is 0. The van der Waals surface area contributed by atoms with Crippen molar-refractivity contribution in [2.45, 2.75) is 38.8 Å². The zero-order valence-electron chi connectivity index (χ0n) is 14.1. The smallest absolute Gasteiger partial charge is 0.341 e. The number of amides is 1. The van der Waals surface area contributed by atoms with Crippen molar-refractivity contribution in [1.82, 2.24) is 19.7 Å². The normalized spacial score (nSPS) is 14.3. The molecule has 8 heteroatoms. The summed E-state index contributed by atoms with van der Waals surface area (Å²) in [6.45, 7) is 2.39. The molecule has 5 nitrogen and oxygen atoms in total. The average molecular weight is 352 g/mol. The van der Waals surface area contributed by atoms with Gasteiger partial charge >= 0.3 is 6.18 Å². The third kappa shape index (κ3) is 3.25. The van der Waals surface area contributed by atoms with E-state index in [9.17, 15) is 18.0 Å². The van der Waals surface area contributed by atoms with Gasteiger partial charge in [0.1, 0.15) is 5.69 Å². The highest BCUT2D eigenvalue weighted by Gasteiger charge is 2.39. The molecule has 1 amide bonds. The molecular weight excluding hydrogens is 333 g/mol. The first-order valence-corrected chi connectivity index (χ1v) is 8.22. The number of carbonyl (C=O) groups is 1. The lowest BCUT2D eigenvalue weighted by atomic mass is 9.95. The van der Waals surface area contributed by atoms with Crippen LogP contribution in [0.2, 0.25) is 0 Å². The van der Waals surface area contributed by atoms with Crippen LogP contribution in [0.4, 0.5) is 13.2 Å². The summed E-state index contributed by atoms with van der Waals surface area (Å²) < 4.78 is 41.1. The molecule has 25 heavy (non-hydrogen) atoms.